The minimum Gasteiger partial charge on any atom is -0.330 e. The molecule has 0 saturated heterocycles. The number of hydrogen-bond donors (Lipinski definition) is 1. The summed E-state index contributed by atoms with van der Waals surface area (Å²) in [5.74, 6) is 0. The number of pyridine rings is 1. The van der Waals surface area contributed by atoms with E-state index >= 15 is 0 Å². The Kier molecular flexibility index (Phi) is 4.04. The van der Waals surface area contributed by atoms with Crippen LogP contribution in [0.15, 0.2) is 42.6 Å². The summed E-state index contributed by atoms with van der Waals surface area (Å²) < 4.78 is 40.3. The van der Waals surface area contributed by atoms with Crippen LogP contribution in [0.1, 0.15) is 11.3 Å². The molecule has 1 aromatic carbocycles. The minimum absolute atomic E-state index is 0.303. The molecule has 2 N–H and O–H groups in total. The molecule has 0 bridgehead atoms. The molecule has 2 heterocycles. The lowest BCUT2D eigenvalue weighted by Crippen LogP contribution is -2.09. The molecule has 0 spiro atoms. The van der Waals surface area contributed by atoms with E-state index in [4.69, 9.17) is 17.3 Å². The number of nitrogens with zero attached hydrogens (tertiary/aromatic N) is 2. The number of benzene rings is 1. The van der Waals surface area contributed by atoms with Crippen molar-refractivity contribution in [3.8, 4) is 11.3 Å². The second kappa shape index (κ2) is 5.86. The van der Waals surface area contributed by atoms with Gasteiger partial charge >= 0.3 is 6.18 Å². The quantitative estimate of drug-likeness (QED) is 0.778. The molecule has 0 aliphatic rings. The van der Waals surface area contributed by atoms with Crippen molar-refractivity contribution >= 4 is 17.2 Å². The number of aromatic nitrogens is 2. The van der Waals surface area contributed by atoms with Crippen molar-refractivity contribution < 1.29 is 13.2 Å². The van der Waals surface area contributed by atoms with Gasteiger partial charge in [0, 0.05) is 23.2 Å². The lowest BCUT2D eigenvalue weighted by Gasteiger charge is -2.08. The molecular weight excluding hydrogens is 327 g/mol. The molecule has 0 atom stereocenters. The number of imidazole rings is 1. The van der Waals surface area contributed by atoms with Crippen molar-refractivity contribution in [1.29, 1.82) is 0 Å². The van der Waals surface area contributed by atoms with Gasteiger partial charge in [-0.05, 0) is 30.8 Å². The third-order valence-electron chi connectivity index (χ3n) is 3.52. The smallest absolute Gasteiger partial charge is 0.330 e. The summed E-state index contributed by atoms with van der Waals surface area (Å²) >= 11 is 6.00. The summed E-state index contributed by atoms with van der Waals surface area (Å²) in [5.41, 5.74) is 7.32. The summed E-state index contributed by atoms with van der Waals surface area (Å²) in [4.78, 5) is 4.45. The molecule has 3 rings (SSSR count). The summed E-state index contributed by atoms with van der Waals surface area (Å²) in [6.07, 6.45) is -2.94. The van der Waals surface area contributed by atoms with Crippen LogP contribution in [0, 0.1) is 0 Å². The second-order valence-electron chi connectivity index (χ2n) is 5.10. The number of rotatable bonds is 3. The lowest BCUT2D eigenvalue weighted by molar-refractivity contribution is -0.137. The van der Waals surface area contributed by atoms with Gasteiger partial charge in [0.15, 0.2) is 0 Å². The first kappa shape index (κ1) is 15.8. The van der Waals surface area contributed by atoms with Gasteiger partial charge in [0.05, 0.1) is 17.0 Å². The molecule has 0 unspecified atom stereocenters. The van der Waals surface area contributed by atoms with E-state index in [1.165, 1.54) is 10.5 Å². The maximum Gasteiger partial charge on any atom is 0.417 e. The van der Waals surface area contributed by atoms with Crippen LogP contribution in [0.5, 0.6) is 0 Å². The highest BCUT2D eigenvalue weighted by molar-refractivity contribution is 6.30. The van der Waals surface area contributed by atoms with Gasteiger partial charge in [-0.3, -0.25) is 0 Å². The van der Waals surface area contributed by atoms with E-state index in [-0.39, 0.29) is 0 Å². The number of halogens is 4. The average molecular weight is 340 g/mol. The molecular formula is C16H13ClF3N3. The molecule has 3 nitrogen and oxygen atoms in total. The van der Waals surface area contributed by atoms with Crippen molar-refractivity contribution in [1.82, 2.24) is 9.38 Å². The Labute approximate surface area is 135 Å². The Balaban J connectivity index is 2.24. The van der Waals surface area contributed by atoms with Crippen molar-refractivity contribution in [2.24, 2.45) is 5.73 Å². The van der Waals surface area contributed by atoms with Crippen LogP contribution in [-0.2, 0) is 12.6 Å². The molecule has 0 amide bonds. The van der Waals surface area contributed by atoms with Crippen LogP contribution < -0.4 is 5.73 Å². The highest BCUT2D eigenvalue weighted by atomic mass is 35.5. The third kappa shape index (κ3) is 3.04. The van der Waals surface area contributed by atoms with E-state index in [1.807, 2.05) is 6.07 Å². The lowest BCUT2D eigenvalue weighted by atomic mass is 10.1. The molecule has 120 valence electrons. The Morgan fingerprint density at radius 2 is 1.96 bits per heavy atom. The second-order valence-corrected chi connectivity index (χ2v) is 5.54. The van der Waals surface area contributed by atoms with Crippen molar-refractivity contribution in [3.63, 3.8) is 0 Å². The molecule has 7 heteroatoms. The normalized spacial score (nSPS) is 12.0. The van der Waals surface area contributed by atoms with Gasteiger partial charge in [-0.15, -0.1) is 0 Å². The van der Waals surface area contributed by atoms with Crippen LogP contribution in [0.2, 0.25) is 5.02 Å². The van der Waals surface area contributed by atoms with E-state index < -0.39 is 11.7 Å². The molecule has 3 aromatic rings. The SMILES string of the molecule is NCCc1c(-c2cccc(Cl)c2)nc2ccc(C(F)(F)F)cn12. The topological polar surface area (TPSA) is 43.3 Å². The monoisotopic (exact) mass is 339 g/mol. The van der Waals surface area contributed by atoms with E-state index in [0.717, 1.165) is 17.8 Å². The molecule has 23 heavy (non-hydrogen) atoms. The molecule has 2 aromatic heterocycles. The van der Waals surface area contributed by atoms with Crippen LogP contribution in [0.4, 0.5) is 13.2 Å². The van der Waals surface area contributed by atoms with Crippen LogP contribution >= 0.6 is 11.6 Å². The van der Waals surface area contributed by atoms with E-state index in [1.54, 1.807) is 18.2 Å². The Morgan fingerprint density at radius 1 is 1.17 bits per heavy atom. The number of hydrogen-bond acceptors (Lipinski definition) is 2. The number of fused-ring (bicyclic) bond motifs is 1. The molecule has 0 radical (unpaired) electrons. The largest absolute Gasteiger partial charge is 0.417 e. The zero-order chi connectivity index (χ0) is 16.6. The Bertz CT molecular complexity index is 855. The van der Waals surface area contributed by atoms with Crippen LogP contribution in [-0.4, -0.2) is 15.9 Å². The first-order valence-corrected chi connectivity index (χ1v) is 7.32. The summed E-state index contributed by atoms with van der Waals surface area (Å²) in [6, 6.07) is 9.43. The van der Waals surface area contributed by atoms with Crippen LogP contribution in [0.3, 0.4) is 0 Å². The predicted octanol–water partition coefficient (Wildman–Crippen LogP) is 4.17. The van der Waals surface area contributed by atoms with E-state index in [0.29, 0.717) is 35.0 Å². The number of alkyl halides is 3. The molecule has 0 fully saturated rings. The first-order chi connectivity index (χ1) is 10.9. The molecule has 0 saturated carbocycles. The van der Waals surface area contributed by atoms with Gasteiger partial charge in [0.2, 0.25) is 0 Å². The maximum atomic E-state index is 12.9. The van der Waals surface area contributed by atoms with Gasteiger partial charge in [-0.2, -0.15) is 13.2 Å². The van der Waals surface area contributed by atoms with Crippen molar-refractivity contribution in [3.05, 3.63) is 58.9 Å². The van der Waals surface area contributed by atoms with Gasteiger partial charge in [-0.1, -0.05) is 23.7 Å². The fourth-order valence-electron chi connectivity index (χ4n) is 2.50. The van der Waals surface area contributed by atoms with Gasteiger partial charge < -0.3 is 10.1 Å². The van der Waals surface area contributed by atoms with Crippen molar-refractivity contribution in [2.75, 3.05) is 6.54 Å². The molecule has 0 aliphatic heterocycles. The van der Waals surface area contributed by atoms with E-state index in [9.17, 15) is 13.2 Å². The minimum atomic E-state index is -4.41. The van der Waals surface area contributed by atoms with Gasteiger partial charge in [0.25, 0.3) is 0 Å². The Morgan fingerprint density at radius 3 is 2.61 bits per heavy atom. The van der Waals surface area contributed by atoms with Crippen molar-refractivity contribution in [2.45, 2.75) is 12.6 Å². The standard InChI is InChI=1S/C16H13ClF3N3/c17-12-3-1-2-10(8-12)15-13(6-7-21)23-9-11(16(18,19)20)4-5-14(23)22-15/h1-5,8-9H,6-7,21H2. The van der Waals surface area contributed by atoms with Gasteiger partial charge in [-0.25, -0.2) is 4.98 Å². The fraction of sp³-hybridized carbons (Fsp3) is 0.188. The average Bonchev–Trinajstić information content (AvgIpc) is 2.85. The highest BCUT2D eigenvalue weighted by Crippen LogP contribution is 2.32. The fourth-order valence-corrected chi connectivity index (χ4v) is 2.69. The zero-order valence-electron chi connectivity index (χ0n) is 11.9. The maximum absolute atomic E-state index is 12.9. The first-order valence-electron chi connectivity index (χ1n) is 6.94. The zero-order valence-corrected chi connectivity index (χ0v) is 12.7. The van der Waals surface area contributed by atoms with Gasteiger partial charge in [0.1, 0.15) is 5.65 Å². The Hall–Kier alpha value is -2.05. The van der Waals surface area contributed by atoms with Crippen LogP contribution in [0.25, 0.3) is 16.9 Å². The summed E-state index contributed by atoms with van der Waals surface area (Å²) in [5, 5.41) is 0.536. The summed E-state index contributed by atoms with van der Waals surface area (Å²) in [6.45, 7) is 0.303. The number of nitrogens with two attached hydrogens (primary N) is 1. The highest BCUT2D eigenvalue weighted by Gasteiger charge is 2.31. The third-order valence-corrected chi connectivity index (χ3v) is 3.76. The summed E-state index contributed by atoms with van der Waals surface area (Å²) in [7, 11) is 0. The molecule has 0 aliphatic carbocycles. The van der Waals surface area contributed by atoms with E-state index in [2.05, 4.69) is 4.98 Å². The predicted molar refractivity (Wildman–Crippen MR) is 83.4 cm³/mol.